The fourth-order valence-electron chi connectivity index (χ4n) is 1.24. The molecule has 0 saturated carbocycles. The Balaban J connectivity index is 2.86. The highest BCUT2D eigenvalue weighted by Crippen LogP contribution is 2.13. The molecule has 0 spiro atoms. The van der Waals surface area contributed by atoms with Gasteiger partial charge < -0.3 is 4.74 Å². The maximum absolute atomic E-state index is 11.6. The van der Waals surface area contributed by atoms with E-state index in [9.17, 15) is 4.79 Å². The van der Waals surface area contributed by atoms with Crippen molar-refractivity contribution in [1.29, 1.82) is 5.26 Å². The average molecular weight is 247 g/mol. The van der Waals surface area contributed by atoms with Crippen LogP contribution >= 0.6 is 11.8 Å². The van der Waals surface area contributed by atoms with Crippen molar-refractivity contribution in [2.45, 2.75) is 6.92 Å². The van der Waals surface area contributed by atoms with Gasteiger partial charge in [0, 0.05) is 11.3 Å². The number of nitriles is 1. The molecule has 0 aliphatic rings. The van der Waals surface area contributed by atoms with Crippen LogP contribution < -0.4 is 0 Å². The second-order valence-corrected chi connectivity index (χ2v) is 3.94. The number of esters is 1. The Morgan fingerprint density at radius 3 is 2.76 bits per heavy atom. The molecule has 0 N–H and O–H groups in total. The van der Waals surface area contributed by atoms with Crippen LogP contribution in [0.3, 0.4) is 0 Å². The lowest BCUT2D eigenvalue weighted by atomic mass is 10.1. The molecule has 0 radical (unpaired) electrons. The third-order valence-corrected chi connectivity index (χ3v) is 2.55. The summed E-state index contributed by atoms with van der Waals surface area (Å²) in [7, 11) is 0. The molecule has 0 unspecified atom stereocenters. The first-order valence-corrected chi connectivity index (χ1v) is 6.20. The summed E-state index contributed by atoms with van der Waals surface area (Å²) in [5, 5.41) is 10.5. The third kappa shape index (κ3) is 4.75. The number of hydrogen-bond acceptors (Lipinski definition) is 4. The highest BCUT2D eigenvalue weighted by Gasteiger charge is 2.10. The average Bonchev–Trinajstić information content (AvgIpc) is 2.36. The Labute approximate surface area is 105 Å². The van der Waals surface area contributed by atoms with Crippen LogP contribution in [0, 0.1) is 10.7 Å². The van der Waals surface area contributed by atoms with Crippen molar-refractivity contribution >= 4 is 23.8 Å². The van der Waals surface area contributed by atoms with Gasteiger partial charge in [0.1, 0.15) is 5.40 Å². The molecular formula is C13H13NO2S. The quantitative estimate of drug-likeness (QED) is 0.456. The predicted octanol–water partition coefficient (Wildman–Crippen LogP) is 2.85. The number of benzene rings is 1. The number of nitrogens with zero attached hydrogens (tertiary/aromatic N) is 1. The lowest BCUT2D eigenvalue weighted by Crippen LogP contribution is -2.09. The van der Waals surface area contributed by atoms with E-state index in [1.165, 1.54) is 0 Å². The highest BCUT2D eigenvalue weighted by atomic mass is 32.2. The zero-order valence-corrected chi connectivity index (χ0v) is 10.4. The van der Waals surface area contributed by atoms with E-state index in [0.717, 1.165) is 17.3 Å². The van der Waals surface area contributed by atoms with Gasteiger partial charge in [0.25, 0.3) is 0 Å². The molecule has 1 aromatic carbocycles. The van der Waals surface area contributed by atoms with Gasteiger partial charge in [-0.25, -0.2) is 4.79 Å². The van der Waals surface area contributed by atoms with Gasteiger partial charge in [-0.05, 0) is 30.3 Å². The summed E-state index contributed by atoms with van der Waals surface area (Å²) in [6.45, 7) is 2.09. The zero-order chi connectivity index (χ0) is 12.5. The number of hydrogen-bond donors (Lipinski definition) is 0. The molecule has 0 bridgehead atoms. The molecule has 0 heterocycles. The lowest BCUT2D eigenvalue weighted by Gasteiger charge is -2.04. The molecule has 0 aromatic heterocycles. The number of ether oxygens (including phenoxy) is 1. The summed E-state index contributed by atoms with van der Waals surface area (Å²) in [5.41, 5.74) is 1.43. The maximum Gasteiger partial charge on any atom is 0.334 e. The summed E-state index contributed by atoms with van der Waals surface area (Å²) in [6, 6.07) is 9.50. The van der Waals surface area contributed by atoms with Crippen LogP contribution in [0.4, 0.5) is 0 Å². The van der Waals surface area contributed by atoms with Crippen molar-refractivity contribution in [2.75, 3.05) is 12.4 Å². The molecule has 0 amide bonds. The van der Waals surface area contributed by atoms with Crippen LogP contribution in [-0.2, 0) is 9.53 Å². The SMILES string of the molecule is CCOC(=O)/C(=C/c1ccccc1)CSC#N. The molecule has 88 valence electrons. The van der Waals surface area contributed by atoms with Gasteiger partial charge >= 0.3 is 5.97 Å². The van der Waals surface area contributed by atoms with Crippen LogP contribution in [0.25, 0.3) is 6.08 Å². The minimum absolute atomic E-state index is 0.335. The Hall–Kier alpha value is -1.73. The van der Waals surface area contributed by atoms with E-state index >= 15 is 0 Å². The van der Waals surface area contributed by atoms with Crippen LogP contribution in [0.15, 0.2) is 35.9 Å². The molecule has 1 aromatic rings. The molecule has 0 aliphatic heterocycles. The monoisotopic (exact) mass is 247 g/mol. The second-order valence-electron chi connectivity index (χ2n) is 3.18. The number of thiocyanates is 1. The molecule has 0 saturated heterocycles. The van der Waals surface area contributed by atoms with Crippen molar-refractivity contribution < 1.29 is 9.53 Å². The zero-order valence-electron chi connectivity index (χ0n) is 9.55. The Kier molecular flexibility index (Phi) is 5.91. The van der Waals surface area contributed by atoms with E-state index in [4.69, 9.17) is 10.00 Å². The molecule has 3 nitrogen and oxygen atoms in total. The largest absolute Gasteiger partial charge is 0.463 e. The topological polar surface area (TPSA) is 50.1 Å². The minimum atomic E-state index is -0.362. The van der Waals surface area contributed by atoms with Gasteiger partial charge in [-0.2, -0.15) is 5.26 Å². The molecule has 1 rings (SSSR count). The van der Waals surface area contributed by atoms with Gasteiger partial charge in [0.2, 0.25) is 0 Å². The van der Waals surface area contributed by atoms with Gasteiger partial charge in [-0.3, -0.25) is 0 Å². The minimum Gasteiger partial charge on any atom is -0.463 e. The van der Waals surface area contributed by atoms with Crippen molar-refractivity contribution in [1.82, 2.24) is 0 Å². The van der Waals surface area contributed by atoms with E-state index in [-0.39, 0.29) is 5.97 Å². The first kappa shape index (κ1) is 13.3. The number of carbonyl (C=O) groups is 1. The van der Waals surface area contributed by atoms with E-state index < -0.39 is 0 Å². The number of thioether (sulfide) groups is 1. The van der Waals surface area contributed by atoms with Crippen LogP contribution in [0.1, 0.15) is 12.5 Å². The molecule has 0 atom stereocenters. The third-order valence-electron chi connectivity index (χ3n) is 1.97. The maximum atomic E-state index is 11.6. The first-order chi connectivity index (χ1) is 8.27. The second kappa shape index (κ2) is 7.53. The summed E-state index contributed by atoms with van der Waals surface area (Å²) in [6.07, 6.45) is 1.75. The molecule has 0 fully saturated rings. The van der Waals surface area contributed by atoms with Gasteiger partial charge in [-0.1, -0.05) is 30.3 Å². The van der Waals surface area contributed by atoms with Crippen molar-refractivity contribution in [3.05, 3.63) is 41.5 Å². The highest BCUT2D eigenvalue weighted by molar-refractivity contribution is 8.03. The smallest absolute Gasteiger partial charge is 0.334 e. The Bertz CT molecular complexity index is 434. The van der Waals surface area contributed by atoms with Crippen LogP contribution in [0.5, 0.6) is 0 Å². The molecule has 4 heteroatoms. The van der Waals surface area contributed by atoms with Gasteiger partial charge in [0.15, 0.2) is 0 Å². The standard InChI is InChI=1S/C13H13NO2S/c1-2-16-13(15)12(9-17-10-14)8-11-6-4-3-5-7-11/h3-8H,2,9H2,1H3/b12-8+. The molecular weight excluding hydrogens is 234 g/mol. The molecule has 0 aliphatic carbocycles. The van der Waals surface area contributed by atoms with E-state index in [2.05, 4.69) is 0 Å². The Morgan fingerprint density at radius 2 is 2.18 bits per heavy atom. The summed E-state index contributed by atoms with van der Waals surface area (Å²) in [5.74, 6) is -0.0244. The molecule has 17 heavy (non-hydrogen) atoms. The first-order valence-electron chi connectivity index (χ1n) is 5.21. The van der Waals surface area contributed by atoms with Crippen LogP contribution in [0.2, 0.25) is 0 Å². The van der Waals surface area contributed by atoms with Gasteiger partial charge in [0.05, 0.1) is 6.61 Å². The van der Waals surface area contributed by atoms with Gasteiger partial charge in [-0.15, -0.1) is 0 Å². The van der Waals surface area contributed by atoms with E-state index in [0.29, 0.717) is 17.9 Å². The summed E-state index contributed by atoms with van der Waals surface area (Å²) < 4.78 is 4.94. The Morgan fingerprint density at radius 1 is 1.47 bits per heavy atom. The fourth-order valence-corrected chi connectivity index (χ4v) is 1.67. The number of carbonyl (C=O) groups excluding carboxylic acids is 1. The lowest BCUT2D eigenvalue weighted by molar-refractivity contribution is -0.138. The summed E-state index contributed by atoms with van der Waals surface area (Å²) >= 11 is 1.03. The van der Waals surface area contributed by atoms with Crippen LogP contribution in [-0.4, -0.2) is 18.3 Å². The normalized spacial score (nSPS) is 10.7. The van der Waals surface area contributed by atoms with Crippen molar-refractivity contribution in [2.24, 2.45) is 0 Å². The summed E-state index contributed by atoms with van der Waals surface area (Å²) in [4.78, 5) is 11.6. The van der Waals surface area contributed by atoms with E-state index in [1.807, 2.05) is 35.7 Å². The predicted molar refractivity (Wildman–Crippen MR) is 69.1 cm³/mol. The number of rotatable bonds is 5. The van der Waals surface area contributed by atoms with Crippen molar-refractivity contribution in [3.63, 3.8) is 0 Å². The van der Waals surface area contributed by atoms with Crippen molar-refractivity contribution in [3.8, 4) is 5.40 Å². The van der Waals surface area contributed by atoms with E-state index in [1.54, 1.807) is 13.0 Å². The fraction of sp³-hybridized carbons (Fsp3) is 0.231.